The molecule has 3 fully saturated rings. The predicted octanol–water partition coefficient (Wildman–Crippen LogP) is 4.47. The highest BCUT2D eigenvalue weighted by atomic mass is 19.1. The van der Waals surface area contributed by atoms with Crippen molar-refractivity contribution in [3.8, 4) is 0 Å². The molecule has 3 saturated carbocycles. The van der Waals surface area contributed by atoms with Gasteiger partial charge in [0.05, 0.1) is 35.5 Å². The minimum absolute atomic E-state index is 0.0930. The third-order valence-electron chi connectivity index (χ3n) is 7.58. The molecule has 0 radical (unpaired) electrons. The molecule has 3 aromatic rings. The number of rotatable bonds is 4. The first-order chi connectivity index (χ1) is 16.0. The molecule has 3 unspecified atom stereocenters. The normalized spacial score (nSPS) is 28.3. The van der Waals surface area contributed by atoms with Crippen LogP contribution in [-0.4, -0.2) is 31.9 Å². The summed E-state index contributed by atoms with van der Waals surface area (Å²) >= 11 is 0. The van der Waals surface area contributed by atoms with Crippen LogP contribution in [0.5, 0.6) is 0 Å². The number of pyridine rings is 1. The molecule has 0 spiro atoms. The maximum absolute atomic E-state index is 14.0. The van der Waals surface area contributed by atoms with E-state index in [9.17, 15) is 18.0 Å². The zero-order valence-corrected chi connectivity index (χ0v) is 17.7. The van der Waals surface area contributed by atoms with Crippen LogP contribution in [-0.2, 0) is 11.3 Å². The summed E-state index contributed by atoms with van der Waals surface area (Å²) in [6.45, 7) is 0.595. The second-order valence-electron chi connectivity index (χ2n) is 9.41. The van der Waals surface area contributed by atoms with E-state index >= 15 is 0 Å². The van der Waals surface area contributed by atoms with Crippen molar-refractivity contribution in [1.29, 1.82) is 0 Å². The molecular formula is C24H22F3N5O. The summed E-state index contributed by atoms with van der Waals surface area (Å²) < 4.78 is 43.3. The molecule has 170 valence electrons. The summed E-state index contributed by atoms with van der Waals surface area (Å²) in [7, 11) is 0. The van der Waals surface area contributed by atoms with Crippen molar-refractivity contribution in [2.75, 3.05) is 0 Å². The van der Waals surface area contributed by atoms with E-state index in [-0.39, 0.29) is 17.7 Å². The summed E-state index contributed by atoms with van der Waals surface area (Å²) in [5.41, 5.74) is 1.06. The summed E-state index contributed by atoms with van der Waals surface area (Å²) in [6.07, 6.45) is 8.98. The number of nitrogens with zero attached hydrogens (tertiary/aromatic N) is 5. The first kappa shape index (κ1) is 20.4. The Morgan fingerprint density at radius 3 is 2.58 bits per heavy atom. The van der Waals surface area contributed by atoms with Gasteiger partial charge in [-0.05, 0) is 54.7 Å². The van der Waals surface area contributed by atoms with E-state index in [1.165, 1.54) is 29.5 Å². The van der Waals surface area contributed by atoms with E-state index < -0.39 is 23.5 Å². The van der Waals surface area contributed by atoms with E-state index in [0.29, 0.717) is 47.7 Å². The van der Waals surface area contributed by atoms with Gasteiger partial charge < -0.3 is 0 Å². The predicted molar refractivity (Wildman–Crippen MR) is 114 cm³/mol. The zero-order valence-electron chi connectivity index (χ0n) is 17.7. The molecule has 0 N–H and O–H groups in total. The van der Waals surface area contributed by atoms with Crippen LogP contribution >= 0.6 is 0 Å². The largest absolute Gasteiger partial charge is 0.273 e. The first-order valence-corrected chi connectivity index (χ1v) is 11.2. The Kier molecular flexibility index (Phi) is 4.74. The van der Waals surface area contributed by atoms with Crippen molar-refractivity contribution in [2.24, 2.45) is 28.8 Å². The van der Waals surface area contributed by atoms with Gasteiger partial charge in [-0.1, -0.05) is 0 Å². The molecule has 9 heteroatoms. The molecule has 1 aromatic carbocycles. The molecule has 7 rings (SSSR count). The zero-order chi connectivity index (χ0) is 22.7. The average molecular weight is 453 g/mol. The number of hydrogen-bond donors (Lipinski definition) is 0. The van der Waals surface area contributed by atoms with Gasteiger partial charge in [0.25, 0.3) is 0 Å². The highest BCUT2D eigenvalue weighted by molar-refractivity contribution is 5.82. The van der Waals surface area contributed by atoms with Gasteiger partial charge in [0, 0.05) is 31.2 Å². The number of hydrogen-bond acceptors (Lipinski definition) is 4. The van der Waals surface area contributed by atoms with Crippen LogP contribution in [0.2, 0.25) is 0 Å². The van der Waals surface area contributed by atoms with Gasteiger partial charge in [0.15, 0.2) is 5.82 Å². The number of fused-ring (bicyclic) bond motifs is 3. The van der Waals surface area contributed by atoms with Crippen molar-refractivity contribution < 1.29 is 18.0 Å². The molecule has 1 aliphatic heterocycles. The van der Waals surface area contributed by atoms with E-state index in [1.54, 1.807) is 17.1 Å². The maximum atomic E-state index is 14.0. The van der Waals surface area contributed by atoms with Gasteiger partial charge in [0.1, 0.15) is 11.6 Å². The number of carbonyl (C=O) groups is 1. The smallest absolute Gasteiger partial charge is 0.246 e. The third kappa shape index (κ3) is 3.41. The monoisotopic (exact) mass is 453 g/mol. The Bertz CT molecular complexity index is 1250. The van der Waals surface area contributed by atoms with Gasteiger partial charge >= 0.3 is 0 Å². The van der Waals surface area contributed by atoms with Crippen LogP contribution in [0.1, 0.15) is 37.3 Å². The second kappa shape index (κ2) is 7.67. The lowest BCUT2D eigenvalue weighted by Crippen LogP contribution is -2.49. The van der Waals surface area contributed by atoms with Crippen LogP contribution in [0.4, 0.5) is 13.2 Å². The maximum Gasteiger partial charge on any atom is 0.246 e. The standard InChI is InChI=1S/C24H22F3N5O/c25-17-5-15(6-18(26)8-17)22-1-2-29-32(22)24(33)19-7-16(13-3-14(19)4-13)12-31-23-11-28-10-21(27)20(23)9-30-31/h2,5-6,8-11,13-14,16,19,22H,1,3-4,7,12H2. The molecule has 3 atom stereocenters. The molecule has 4 aliphatic rings. The lowest BCUT2D eigenvalue weighted by molar-refractivity contribution is -0.147. The van der Waals surface area contributed by atoms with E-state index in [4.69, 9.17) is 0 Å². The van der Waals surface area contributed by atoms with Crippen molar-refractivity contribution in [1.82, 2.24) is 19.8 Å². The van der Waals surface area contributed by atoms with E-state index in [1.807, 2.05) is 0 Å². The summed E-state index contributed by atoms with van der Waals surface area (Å²) in [4.78, 5) is 17.5. The molecule has 33 heavy (non-hydrogen) atoms. The fourth-order valence-corrected chi connectivity index (χ4v) is 5.83. The molecule has 2 aromatic heterocycles. The summed E-state index contributed by atoms with van der Waals surface area (Å²) in [5.74, 6) is -0.985. The molecule has 2 bridgehead atoms. The van der Waals surface area contributed by atoms with Crippen LogP contribution < -0.4 is 0 Å². The second-order valence-corrected chi connectivity index (χ2v) is 9.41. The Labute approximate surface area is 188 Å². The van der Waals surface area contributed by atoms with Crippen LogP contribution in [0.25, 0.3) is 10.9 Å². The van der Waals surface area contributed by atoms with Crippen molar-refractivity contribution in [3.05, 3.63) is 59.8 Å². The van der Waals surface area contributed by atoms with Crippen LogP contribution in [0, 0.1) is 41.1 Å². The quantitative estimate of drug-likeness (QED) is 0.586. The van der Waals surface area contributed by atoms with Crippen molar-refractivity contribution in [3.63, 3.8) is 0 Å². The molecule has 3 heterocycles. The van der Waals surface area contributed by atoms with Gasteiger partial charge in [-0.25, -0.2) is 18.2 Å². The number of aromatic nitrogens is 3. The first-order valence-electron chi connectivity index (χ1n) is 11.2. The van der Waals surface area contributed by atoms with Gasteiger partial charge in [0.2, 0.25) is 5.91 Å². The highest BCUT2D eigenvalue weighted by Gasteiger charge is 2.50. The van der Waals surface area contributed by atoms with Gasteiger partial charge in [-0.15, -0.1) is 0 Å². The molecule has 6 nitrogen and oxygen atoms in total. The fourth-order valence-electron chi connectivity index (χ4n) is 5.83. The van der Waals surface area contributed by atoms with E-state index in [2.05, 4.69) is 15.2 Å². The topological polar surface area (TPSA) is 63.4 Å². The van der Waals surface area contributed by atoms with Gasteiger partial charge in [-0.2, -0.15) is 10.2 Å². The molecule has 0 saturated heterocycles. The fraction of sp³-hybridized carbons (Fsp3) is 0.417. The average Bonchev–Trinajstić information content (AvgIpc) is 3.40. The highest BCUT2D eigenvalue weighted by Crippen LogP contribution is 2.53. The Morgan fingerprint density at radius 2 is 1.79 bits per heavy atom. The van der Waals surface area contributed by atoms with Crippen molar-refractivity contribution in [2.45, 2.75) is 38.3 Å². The van der Waals surface area contributed by atoms with E-state index in [0.717, 1.165) is 18.9 Å². The van der Waals surface area contributed by atoms with Crippen LogP contribution in [0.15, 0.2) is 41.9 Å². The third-order valence-corrected chi connectivity index (χ3v) is 7.58. The number of halogens is 3. The molecule has 1 amide bonds. The minimum Gasteiger partial charge on any atom is -0.273 e. The SMILES string of the molecule is O=C(C1CC(Cn2ncc3c(F)cncc32)C2CC1C2)N1N=CCC1c1cc(F)cc(F)c1. The Hall–Kier alpha value is -3.23. The Balaban J connectivity index is 1.22. The number of carbonyl (C=O) groups excluding carboxylic acids is 1. The number of benzene rings is 1. The lowest BCUT2D eigenvalue weighted by Gasteiger charge is -2.51. The lowest BCUT2D eigenvalue weighted by atomic mass is 9.55. The minimum atomic E-state index is -0.666. The molecule has 3 aliphatic carbocycles. The summed E-state index contributed by atoms with van der Waals surface area (Å²) in [6, 6.07) is 2.86. The van der Waals surface area contributed by atoms with Gasteiger partial charge in [-0.3, -0.25) is 14.5 Å². The number of hydrazone groups is 1. The Morgan fingerprint density at radius 1 is 1.00 bits per heavy atom. The summed E-state index contributed by atoms with van der Waals surface area (Å²) in [5, 5.41) is 10.5. The van der Waals surface area contributed by atoms with Crippen molar-refractivity contribution >= 4 is 23.0 Å². The van der Waals surface area contributed by atoms with Crippen LogP contribution in [0.3, 0.4) is 0 Å². The number of amides is 1. The molecular weight excluding hydrogens is 431 g/mol.